The van der Waals surface area contributed by atoms with Crippen molar-refractivity contribution in [3.05, 3.63) is 64.5 Å². The number of nitrogens with one attached hydrogen (secondary N) is 1. The van der Waals surface area contributed by atoms with Crippen LogP contribution in [0.3, 0.4) is 0 Å². The largest absolute Gasteiger partial charge is 0.477 e. The Morgan fingerprint density at radius 3 is 2.59 bits per heavy atom. The molecule has 0 spiro atoms. The lowest BCUT2D eigenvalue weighted by Gasteiger charge is -2.02. The van der Waals surface area contributed by atoms with Gasteiger partial charge in [-0.05, 0) is 18.2 Å². The van der Waals surface area contributed by atoms with Crippen molar-refractivity contribution >= 4 is 39.7 Å². The molecule has 2 N–H and O–H groups in total. The maximum absolute atomic E-state index is 11.4. The van der Waals surface area contributed by atoms with E-state index in [1.807, 2.05) is 42.5 Å². The number of anilines is 2. The maximum atomic E-state index is 11.4. The number of hydrogen-bond donors (Lipinski definition) is 2. The van der Waals surface area contributed by atoms with E-state index in [2.05, 4.69) is 10.3 Å². The van der Waals surface area contributed by atoms with Crippen LogP contribution in [-0.2, 0) is 0 Å². The number of nitrogens with zero attached hydrogens (tertiary/aromatic N) is 1. The molecule has 1 aromatic heterocycles. The number of hydrogen-bond acceptors (Lipinski definition) is 4. The summed E-state index contributed by atoms with van der Waals surface area (Å²) in [5.41, 5.74) is 2.00. The minimum atomic E-state index is -0.990. The molecule has 3 rings (SSSR count). The van der Waals surface area contributed by atoms with E-state index in [9.17, 15) is 9.90 Å². The summed E-state index contributed by atoms with van der Waals surface area (Å²) in [6.45, 7) is 0. The lowest BCUT2D eigenvalue weighted by atomic mass is 10.1. The third-order valence-corrected chi connectivity index (χ3v) is 4.14. The zero-order valence-corrected chi connectivity index (χ0v) is 12.9. The SMILES string of the molecule is O=C(O)c1sc(Nc2cccc(Cl)c2)nc1-c1ccccc1. The fourth-order valence-corrected chi connectivity index (χ4v) is 3.04. The molecule has 0 amide bonds. The van der Waals surface area contributed by atoms with Gasteiger partial charge in [0.2, 0.25) is 0 Å². The average molecular weight is 331 g/mol. The van der Waals surface area contributed by atoms with Gasteiger partial charge in [-0.15, -0.1) is 0 Å². The van der Waals surface area contributed by atoms with Gasteiger partial charge in [-0.25, -0.2) is 9.78 Å². The molecule has 0 radical (unpaired) electrons. The van der Waals surface area contributed by atoms with Crippen molar-refractivity contribution in [2.45, 2.75) is 0 Å². The second-order valence-electron chi connectivity index (χ2n) is 4.50. The molecule has 0 aliphatic carbocycles. The molecule has 0 aliphatic rings. The molecule has 1 heterocycles. The van der Waals surface area contributed by atoms with Crippen LogP contribution in [0.4, 0.5) is 10.8 Å². The number of aromatic nitrogens is 1. The van der Waals surface area contributed by atoms with Gasteiger partial charge in [-0.2, -0.15) is 0 Å². The zero-order chi connectivity index (χ0) is 15.5. The molecule has 0 atom stereocenters. The summed E-state index contributed by atoms with van der Waals surface area (Å²) in [5, 5.41) is 13.6. The van der Waals surface area contributed by atoms with Crippen LogP contribution in [0.25, 0.3) is 11.3 Å². The molecule has 0 saturated heterocycles. The number of carboxylic acid groups (broad SMARTS) is 1. The van der Waals surface area contributed by atoms with Gasteiger partial charge in [0.15, 0.2) is 5.13 Å². The van der Waals surface area contributed by atoms with Gasteiger partial charge in [0.05, 0.1) is 5.69 Å². The van der Waals surface area contributed by atoms with Crippen molar-refractivity contribution in [2.75, 3.05) is 5.32 Å². The second kappa shape index (κ2) is 6.17. The van der Waals surface area contributed by atoms with Gasteiger partial charge in [0.25, 0.3) is 0 Å². The van der Waals surface area contributed by atoms with Crippen molar-refractivity contribution in [3.63, 3.8) is 0 Å². The average Bonchev–Trinajstić information content (AvgIpc) is 2.92. The van der Waals surface area contributed by atoms with Crippen LogP contribution in [0.2, 0.25) is 5.02 Å². The predicted octanol–water partition coefficient (Wildman–Crippen LogP) is 4.91. The van der Waals surface area contributed by atoms with Crippen molar-refractivity contribution < 1.29 is 9.90 Å². The van der Waals surface area contributed by atoms with Gasteiger partial charge in [-0.3, -0.25) is 0 Å². The fraction of sp³-hybridized carbons (Fsp3) is 0. The topological polar surface area (TPSA) is 62.2 Å². The summed E-state index contributed by atoms with van der Waals surface area (Å²) in [6.07, 6.45) is 0. The van der Waals surface area contributed by atoms with E-state index >= 15 is 0 Å². The van der Waals surface area contributed by atoms with Gasteiger partial charge >= 0.3 is 5.97 Å². The molecule has 0 aliphatic heterocycles. The Labute approximate surface area is 136 Å². The Balaban J connectivity index is 1.99. The lowest BCUT2D eigenvalue weighted by Crippen LogP contribution is -1.95. The molecule has 0 unspecified atom stereocenters. The van der Waals surface area contributed by atoms with Gasteiger partial charge in [0, 0.05) is 16.3 Å². The van der Waals surface area contributed by atoms with Crippen LogP contribution in [0.15, 0.2) is 54.6 Å². The number of benzene rings is 2. The molecule has 0 bridgehead atoms. The van der Waals surface area contributed by atoms with Crippen LogP contribution in [0, 0.1) is 0 Å². The van der Waals surface area contributed by atoms with E-state index in [0.29, 0.717) is 15.8 Å². The summed E-state index contributed by atoms with van der Waals surface area (Å²) in [4.78, 5) is 16.1. The number of carboxylic acids is 1. The maximum Gasteiger partial charge on any atom is 0.348 e. The highest BCUT2D eigenvalue weighted by Gasteiger charge is 2.18. The van der Waals surface area contributed by atoms with Crippen LogP contribution in [0.5, 0.6) is 0 Å². The number of rotatable bonds is 4. The smallest absolute Gasteiger partial charge is 0.348 e. The van der Waals surface area contributed by atoms with Gasteiger partial charge in [-0.1, -0.05) is 59.3 Å². The highest BCUT2D eigenvalue weighted by atomic mass is 35.5. The third kappa shape index (κ3) is 3.10. The first kappa shape index (κ1) is 14.6. The van der Waals surface area contributed by atoms with E-state index in [0.717, 1.165) is 22.6 Å². The second-order valence-corrected chi connectivity index (χ2v) is 5.94. The first-order valence-electron chi connectivity index (χ1n) is 6.45. The Morgan fingerprint density at radius 1 is 1.14 bits per heavy atom. The summed E-state index contributed by atoms with van der Waals surface area (Å²) in [6, 6.07) is 16.4. The van der Waals surface area contributed by atoms with Crippen LogP contribution < -0.4 is 5.32 Å². The Hall–Kier alpha value is -2.37. The van der Waals surface area contributed by atoms with Crippen molar-refractivity contribution in [2.24, 2.45) is 0 Å². The Morgan fingerprint density at radius 2 is 1.91 bits per heavy atom. The first-order chi connectivity index (χ1) is 10.6. The van der Waals surface area contributed by atoms with E-state index in [1.54, 1.807) is 12.1 Å². The number of halogens is 1. The number of thiazole rings is 1. The molecule has 4 nitrogen and oxygen atoms in total. The van der Waals surface area contributed by atoms with Crippen LogP contribution in [-0.4, -0.2) is 16.1 Å². The highest BCUT2D eigenvalue weighted by Crippen LogP contribution is 2.33. The Kier molecular flexibility index (Phi) is 4.09. The van der Waals surface area contributed by atoms with Crippen molar-refractivity contribution in [3.8, 4) is 11.3 Å². The van der Waals surface area contributed by atoms with Crippen molar-refractivity contribution in [1.29, 1.82) is 0 Å². The predicted molar refractivity (Wildman–Crippen MR) is 89.2 cm³/mol. The summed E-state index contributed by atoms with van der Waals surface area (Å²) < 4.78 is 0. The zero-order valence-electron chi connectivity index (χ0n) is 11.3. The van der Waals surface area contributed by atoms with Gasteiger partial charge in [0.1, 0.15) is 4.88 Å². The van der Waals surface area contributed by atoms with Crippen LogP contribution in [0.1, 0.15) is 9.67 Å². The Bertz CT molecular complexity index is 818. The van der Waals surface area contributed by atoms with Gasteiger partial charge < -0.3 is 10.4 Å². The molecule has 3 aromatic rings. The number of carbonyl (C=O) groups is 1. The molecule has 6 heteroatoms. The normalized spacial score (nSPS) is 10.4. The van der Waals surface area contributed by atoms with E-state index in [4.69, 9.17) is 11.6 Å². The molecular weight excluding hydrogens is 320 g/mol. The molecule has 2 aromatic carbocycles. The lowest BCUT2D eigenvalue weighted by molar-refractivity contribution is 0.0702. The minimum absolute atomic E-state index is 0.204. The first-order valence-corrected chi connectivity index (χ1v) is 7.65. The van der Waals surface area contributed by atoms with E-state index < -0.39 is 5.97 Å². The number of aromatic carboxylic acids is 1. The van der Waals surface area contributed by atoms with Crippen LogP contribution >= 0.6 is 22.9 Å². The molecule has 22 heavy (non-hydrogen) atoms. The van der Waals surface area contributed by atoms with Crippen molar-refractivity contribution in [1.82, 2.24) is 4.98 Å². The molecular formula is C16H11ClN2O2S. The summed E-state index contributed by atoms with van der Waals surface area (Å²) in [7, 11) is 0. The quantitative estimate of drug-likeness (QED) is 0.713. The molecule has 0 fully saturated rings. The minimum Gasteiger partial charge on any atom is -0.477 e. The summed E-state index contributed by atoms with van der Waals surface area (Å²) in [5.74, 6) is -0.990. The van der Waals surface area contributed by atoms with E-state index in [1.165, 1.54) is 0 Å². The summed E-state index contributed by atoms with van der Waals surface area (Å²) >= 11 is 7.04. The monoisotopic (exact) mass is 330 g/mol. The van der Waals surface area contributed by atoms with E-state index in [-0.39, 0.29) is 4.88 Å². The third-order valence-electron chi connectivity index (χ3n) is 2.94. The molecule has 110 valence electrons. The molecule has 0 saturated carbocycles. The fourth-order valence-electron chi connectivity index (χ4n) is 2.00. The standard InChI is InChI=1S/C16H11ClN2O2S/c17-11-7-4-8-12(9-11)18-16-19-13(14(22-16)15(20)21)10-5-2-1-3-6-10/h1-9H,(H,18,19)(H,20,21). The highest BCUT2D eigenvalue weighted by molar-refractivity contribution is 7.18.